The molecule has 0 atom stereocenters. The third-order valence-corrected chi connectivity index (χ3v) is 0.844. The second kappa shape index (κ2) is 9.68. The van der Waals surface area contributed by atoms with E-state index in [0.717, 1.165) is 12.2 Å². The Balaban J connectivity index is -0.000000605. The Kier molecular flexibility index (Phi) is 11.7. The van der Waals surface area contributed by atoms with Gasteiger partial charge < -0.3 is 23.3 Å². The van der Waals surface area contributed by atoms with E-state index in [4.69, 9.17) is 0 Å². The van der Waals surface area contributed by atoms with E-state index in [2.05, 4.69) is 23.3 Å². The fourth-order valence-corrected chi connectivity index (χ4v) is 0.433. The number of carbonyl (C=O) groups excluding carboxylic acids is 2. The molecule has 0 aromatic carbocycles. The molecule has 14 heavy (non-hydrogen) atoms. The SMILES string of the molecule is [CH2-]COC(=O)/C=C\C(=O)OC[CH2-].[Rf].[Rf]. The Bertz CT molecular complexity index is 172. The summed E-state index contributed by atoms with van der Waals surface area (Å²) in [5.74, 6) is -1.24. The fraction of sp³-hybridized carbons (Fsp3) is 0.250. The van der Waals surface area contributed by atoms with Crippen molar-refractivity contribution in [2.75, 3.05) is 13.2 Å². The molecule has 72 valence electrons. The largest absolute Gasteiger partial charge is 0.496 e. The molecule has 0 radical (unpaired) electrons. The van der Waals surface area contributed by atoms with Gasteiger partial charge in [0.1, 0.15) is 0 Å². The number of hydrogen-bond donors (Lipinski definition) is 0. The Labute approximate surface area is 71.2 Å². The van der Waals surface area contributed by atoms with Gasteiger partial charge in [-0.25, -0.2) is 9.59 Å². The molecule has 0 heterocycles. The number of rotatable bonds is 4. The number of esters is 2. The molecule has 0 spiro atoms. The van der Waals surface area contributed by atoms with Crippen LogP contribution in [0.5, 0.6) is 0 Å². The minimum absolute atomic E-state index is 0. The van der Waals surface area contributed by atoms with E-state index in [1.165, 1.54) is 0 Å². The van der Waals surface area contributed by atoms with Gasteiger partial charge in [-0.05, 0) is 13.2 Å². The van der Waals surface area contributed by atoms with E-state index in [9.17, 15) is 9.59 Å². The minimum atomic E-state index is -0.619. The molecule has 6 heteroatoms. The van der Waals surface area contributed by atoms with E-state index in [-0.39, 0.29) is 13.2 Å². The van der Waals surface area contributed by atoms with E-state index in [1.807, 2.05) is 0 Å². The summed E-state index contributed by atoms with van der Waals surface area (Å²) >= 11 is 0. The summed E-state index contributed by atoms with van der Waals surface area (Å²) in [4.78, 5) is 21.2. The van der Waals surface area contributed by atoms with Crippen LogP contribution in [-0.4, -0.2) is 25.2 Å². The molecule has 0 aromatic rings. The van der Waals surface area contributed by atoms with Gasteiger partial charge in [-0.3, -0.25) is 0 Å². The van der Waals surface area contributed by atoms with Crippen LogP contribution < -0.4 is 0 Å². The van der Waals surface area contributed by atoms with Gasteiger partial charge in [0, 0.05) is 12.2 Å². The monoisotopic (exact) mass is 704 g/mol. The Morgan fingerprint density at radius 1 is 0.929 bits per heavy atom. The zero-order valence-corrected chi connectivity index (χ0v) is 20.8. The molecular formula is C8H10O4Rf2-2. The van der Waals surface area contributed by atoms with Gasteiger partial charge in [0.15, 0.2) is 0 Å². The zero-order chi connectivity index (χ0) is 9.40. The number of ether oxygens (including phenoxy) is 2. The first-order valence-corrected chi connectivity index (χ1v) is 3.30. The summed E-state index contributed by atoms with van der Waals surface area (Å²) < 4.78 is 8.82. The van der Waals surface area contributed by atoms with Crippen LogP contribution in [0, 0.1) is 13.8 Å². The molecule has 0 fully saturated rings. The molecular weight excluding hydrogens is 694 g/mol. The maximum atomic E-state index is 10.6. The first kappa shape index (κ1) is 17.0. The van der Waals surface area contributed by atoms with Crippen LogP contribution in [-0.2, 0) is 19.1 Å². The molecule has 0 saturated heterocycles. The standard InChI is InChI=1S/C8H10O4.2Rf/c1-3-11-7(9)5-6-8(10)12-4-2;;/h5-6H,1-4H2;;/q-2;;/b6-5-;;. The van der Waals surface area contributed by atoms with Crippen molar-refractivity contribution in [3.8, 4) is 0 Å². The van der Waals surface area contributed by atoms with Crippen LogP contribution in [0.1, 0.15) is 0 Å². The second-order valence-corrected chi connectivity index (χ2v) is 1.67. The summed E-state index contributed by atoms with van der Waals surface area (Å²) in [6.45, 7) is 6.64. The molecule has 0 aliphatic rings. The van der Waals surface area contributed by atoms with Crippen LogP contribution in [0.15, 0.2) is 12.2 Å². The van der Waals surface area contributed by atoms with Crippen molar-refractivity contribution in [3.05, 3.63) is 26.0 Å². The predicted molar refractivity (Wildman–Crippen MR) is 41.8 cm³/mol. The van der Waals surface area contributed by atoms with Crippen molar-refractivity contribution < 1.29 is 19.1 Å². The fourth-order valence-electron chi connectivity index (χ4n) is 0.433. The minimum Gasteiger partial charge on any atom is -0.496 e. The van der Waals surface area contributed by atoms with Gasteiger partial charge >= 0.3 is 11.9 Å². The second-order valence-electron chi connectivity index (χ2n) is 1.67. The van der Waals surface area contributed by atoms with Gasteiger partial charge in [0.2, 0.25) is 0 Å². The van der Waals surface area contributed by atoms with Crippen molar-refractivity contribution in [1.29, 1.82) is 0 Å². The van der Waals surface area contributed by atoms with E-state index in [0.29, 0.717) is 0 Å². The summed E-state index contributed by atoms with van der Waals surface area (Å²) in [6.07, 6.45) is 1.95. The molecule has 0 saturated carbocycles. The molecule has 0 aliphatic carbocycles. The van der Waals surface area contributed by atoms with Gasteiger partial charge in [-0.1, -0.05) is 0 Å². The molecule has 0 aromatic heterocycles. The Morgan fingerprint density at radius 2 is 1.21 bits per heavy atom. The smallest absolute Gasteiger partial charge is 0.328 e. The zero-order valence-electron chi connectivity index (χ0n) is 8.03. The van der Waals surface area contributed by atoms with Crippen molar-refractivity contribution in [2.24, 2.45) is 0 Å². The molecule has 0 bridgehead atoms. The average Bonchev–Trinajstić information content (AvgIpc) is 2.02. The van der Waals surface area contributed by atoms with Crippen LogP contribution >= 0.6 is 0 Å². The van der Waals surface area contributed by atoms with Crippen LogP contribution in [0.3, 0.4) is 0 Å². The third-order valence-electron chi connectivity index (χ3n) is 0.844. The van der Waals surface area contributed by atoms with E-state index >= 15 is 0 Å². The molecule has 0 rings (SSSR count). The summed E-state index contributed by atoms with van der Waals surface area (Å²) in [6, 6.07) is 0. The van der Waals surface area contributed by atoms with Crippen molar-refractivity contribution >= 4 is 11.9 Å². The van der Waals surface area contributed by atoms with Crippen molar-refractivity contribution in [1.82, 2.24) is 0 Å². The molecule has 4 nitrogen and oxygen atoms in total. The number of hydrogen-bond acceptors (Lipinski definition) is 4. The van der Waals surface area contributed by atoms with Crippen molar-refractivity contribution in [2.45, 2.75) is 0 Å². The summed E-state index contributed by atoms with van der Waals surface area (Å²) in [5.41, 5.74) is 0. The maximum absolute atomic E-state index is 10.6. The summed E-state index contributed by atoms with van der Waals surface area (Å²) in [7, 11) is 0. The quantitative estimate of drug-likeness (QED) is 0.241. The third kappa shape index (κ3) is 8.68. The molecule has 0 unspecified atom stereocenters. The molecule has 0 amide bonds. The topological polar surface area (TPSA) is 52.6 Å². The molecule has 0 N–H and O–H groups in total. The van der Waals surface area contributed by atoms with E-state index < -0.39 is 11.9 Å². The van der Waals surface area contributed by atoms with E-state index in [1.54, 1.807) is 0 Å². The summed E-state index contributed by atoms with van der Waals surface area (Å²) in [5, 5.41) is 0. The predicted octanol–water partition coefficient (Wildman–Crippen LogP) is 0.297. The van der Waals surface area contributed by atoms with Gasteiger partial charge in [-0.15, -0.1) is 0 Å². The molecule has 0 aliphatic heterocycles. The average molecular weight is 704 g/mol. The Hall–Kier alpha value is -3.32. The van der Waals surface area contributed by atoms with Crippen LogP contribution in [0.2, 0.25) is 0 Å². The van der Waals surface area contributed by atoms with Gasteiger partial charge in [0.05, 0.1) is 0 Å². The number of carbonyl (C=O) groups is 2. The van der Waals surface area contributed by atoms with Crippen LogP contribution in [0.4, 0.5) is 0 Å². The normalized spacial score (nSPS) is 8.43. The maximum Gasteiger partial charge on any atom is 0.328 e. The van der Waals surface area contributed by atoms with Crippen molar-refractivity contribution in [3.63, 3.8) is 0 Å². The Morgan fingerprint density at radius 3 is 1.43 bits per heavy atom. The van der Waals surface area contributed by atoms with Crippen LogP contribution in [0.25, 0.3) is 0 Å². The van der Waals surface area contributed by atoms with Gasteiger partial charge in [0.25, 0.3) is 0 Å². The first-order valence-electron chi connectivity index (χ1n) is 3.30. The first-order chi connectivity index (χ1) is 5.70. The van der Waals surface area contributed by atoms with Gasteiger partial charge in [-0.2, -0.15) is 0 Å².